The maximum atomic E-state index is 12.5. The van der Waals surface area contributed by atoms with Crippen LogP contribution in [0.4, 0.5) is 11.4 Å². The van der Waals surface area contributed by atoms with Crippen molar-refractivity contribution in [1.82, 2.24) is 10.2 Å². The van der Waals surface area contributed by atoms with Crippen molar-refractivity contribution in [2.24, 2.45) is 5.41 Å². The van der Waals surface area contributed by atoms with Gasteiger partial charge in [0, 0.05) is 54.6 Å². The highest BCUT2D eigenvalue weighted by molar-refractivity contribution is 7.80. The smallest absolute Gasteiger partial charge is 0.250 e. The van der Waals surface area contributed by atoms with E-state index in [1.54, 1.807) is 36.4 Å². The number of benzene rings is 2. The monoisotopic (exact) mass is 584 g/mol. The number of nitrogens with zero attached hydrogens (tertiary/aromatic N) is 2. The van der Waals surface area contributed by atoms with Crippen LogP contribution in [0.1, 0.15) is 26.5 Å². The molecule has 2 amide bonds. The van der Waals surface area contributed by atoms with E-state index in [-0.39, 0.29) is 16.4 Å². The first-order valence-corrected chi connectivity index (χ1v) is 13.7. The molecule has 2 heterocycles. The third-order valence-electron chi connectivity index (χ3n) is 6.18. The molecule has 39 heavy (non-hydrogen) atoms. The van der Waals surface area contributed by atoms with E-state index in [2.05, 4.69) is 15.5 Å². The molecule has 2 N–H and O–H groups in total. The van der Waals surface area contributed by atoms with Gasteiger partial charge in [-0.1, -0.05) is 50.0 Å². The highest BCUT2D eigenvalue weighted by Gasteiger charge is 2.29. The lowest BCUT2D eigenvalue weighted by atomic mass is 9.94. The van der Waals surface area contributed by atoms with Gasteiger partial charge in [-0.15, -0.1) is 0 Å². The number of furan rings is 1. The Morgan fingerprint density at radius 2 is 1.67 bits per heavy atom. The summed E-state index contributed by atoms with van der Waals surface area (Å²) in [5, 5.41) is 6.66. The van der Waals surface area contributed by atoms with Crippen LogP contribution in [-0.4, -0.2) is 48.0 Å². The van der Waals surface area contributed by atoms with Crippen molar-refractivity contribution >= 4 is 69.8 Å². The number of carbonyl (C=O) groups is 2. The summed E-state index contributed by atoms with van der Waals surface area (Å²) in [5.74, 6) is 0.812. The summed E-state index contributed by atoms with van der Waals surface area (Å²) in [5.41, 5.74) is 2.12. The molecule has 0 atom stereocenters. The number of hydrogen-bond acceptors (Lipinski definition) is 5. The number of thiocarbonyl (C=S) groups is 1. The number of rotatable bonds is 5. The van der Waals surface area contributed by atoms with Crippen LogP contribution >= 0.6 is 35.4 Å². The standard InChI is InChI=1S/C29H30Cl2N4O3S/c1-29(2,3)27(37)35-17-15-34(16-18-35)20-9-7-19(8-10-20)32-28(39)33-25(36)14-12-21-11-13-24(38-21)22-5-4-6-23(30)26(22)31/h4-14H,15-18H2,1-3H3,(H2,32,33,36,39)/b14-12+. The largest absolute Gasteiger partial charge is 0.457 e. The number of carbonyl (C=O) groups excluding carboxylic acids is 2. The average Bonchev–Trinajstić information content (AvgIpc) is 3.37. The maximum Gasteiger partial charge on any atom is 0.250 e. The minimum atomic E-state index is -0.398. The molecule has 3 aromatic rings. The Hall–Kier alpha value is -3.33. The Morgan fingerprint density at radius 1 is 0.974 bits per heavy atom. The second kappa shape index (κ2) is 12.2. The predicted octanol–water partition coefficient (Wildman–Crippen LogP) is 6.47. The quantitative estimate of drug-likeness (QED) is 0.264. The molecular formula is C29H30Cl2N4O3S. The lowest BCUT2D eigenvalue weighted by molar-refractivity contribution is -0.139. The van der Waals surface area contributed by atoms with Gasteiger partial charge in [0.1, 0.15) is 11.5 Å². The second-order valence-corrected chi connectivity index (χ2v) is 11.3. The normalized spacial score (nSPS) is 14.0. The van der Waals surface area contributed by atoms with E-state index in [1.165, 1.54) is 6.08 Å². The van der Waals surface area contributed by atoms with Crippen LogP contribution in [0.5, 0.6) is 0 Å². The fourth-order valence-electron chi connectivity index (χ4n) is 4.15. The molecule has 2 aromatic carbocycles. The van der Waals surface area contributed by atoms with Crippen molar-refractivity contribution in [2.75, 3.05) is 36.4 Å². The third kappa shape index (κ3) is 7.41. The molecule has 204 valence electrons. The van der Waals surface area contributed by atoms with Crippen LogP contribution in [0, 0.1) is 5.41 Å². The summed E-state index contributed by atoms with van der Waals surface area (Å²) in [6, 6.07) is 16.6. The zero-order valence-electron chi connectivity index (χ0n) is 22.0. The molecule has 0 bridgehead atoms. The van der Waals surface area contributed by atoms with Gasteiger partial charge in [0.25, 0.3) is 0 Å². The Labute approximate surface area is 243 Å². The molecule has 4 rings (SSSR count). The fraction of sp³-hybridized carbons (Fsp3) is 0.276. The molecular weight excluding hydrogens is 555 g/mol. The number of nitrogens with one attached hydrogen (secondary N) is 2. The van der Waals surface area contributed by atoms with Gasteiger partial charge in [0.05, 0.1) is 10.0 Å². The first-order chi connectivity index (χ1) is 18.5. The van der Waals surface area contributed by atoms with Crippen LogP contribution in [0.15, 0.2) is 65.1 Å². The molecule has 1 aliphatic heterocycles. The average molecular weight is 586 g/mol. The van der Waals surface area contributed by atoms with Gasteiger partial charge in [0.15, 0.2) is 5.11 Å². The number of halogens is 2. The highest BCUT2D eigenvalue weighted by Crippen LogP contribution is 2.34. The summed E-state index contributed by atoms with van der Waals surface area (Å²) in [6.07, 6.45) is 2.88. The maximum absolute atomic E-state index is 12.5. The van der Waals surface area contributed by atoms with Crippen molar-refractivity contribution in [2.45, 2.75) is 20.8 Å². The molecule has 0 unspecified atom stereocenters. The van der Waals surface area contributed by atoms with Gasteiger partial charge in [-0.3, -0.25) is 14.9 Å². The van der Waals surface area contributed by atoms with Crippen LogP contribution in [0.2, 0.25) is 10.0 Å². The molecule has 0 aliphatic carbocycles. The highest BCUT2D eigenvalue weighted by atomic mass is 35.5. The van der Waals surface area contributed by atoms with E-state index in [4.69, 9.17) is 39.8 Å². The molecule has 1 fully saturated rings. The van der Waals surface area contributed by atoms with E-state index in [1.807, 2.05) is 49.9 Å². The third-order valence-corrected chi connectivity index (χ3v) is 7.20. The van der Waals surface area contributed by atoms with Crippen molar-refractivity contribution < 1.29 is 14.0 Å². The zero-order valence-corrected chi connectivity index (χ0v) is 24.3. The first kappa shape index (κ1) is 28.7. The lowest BCUT2D eigenvalue weighted by Gasteiger charge is -2.38. The topological polar surface area (TPSA) is 77.8 Å². The van der Waals surface area contributed by atoms with Crippen LogP contribution in [0.25, 0.3) is 17.4 Å². The number of piperazine rings is 1. The molecule has 1 aliphatic rings. The minimum Gasteiger partial charge on any atom is -0.457 e. The van der Waals surface area contributed by atoms with Crippen molar-refractivity contribution in [3.63, 3.8) is 0 Å². The number of hydrogen-bond donors (Lipinski definition) is 2. The van der Waals surface area contributed by atoms with E-state index in [0.29, 0.717) is 40.2 Å². The summed E-state index contributed by atoms with van der Waals surface area (Å²) in [4.78, 5) is 29.0. The van der Waals surface area contributed by atoms with Gasteiger partial charge >= 0.3 is 0 Å². The van der Waals surface area contributed by atoms with Crippen molar-refractivity contribution in [1.29, 1.82) is 0 Å². The summed E-state index contributed by atoms with van der Waals surface area (Å²) in [7, 11) is 0. The van der Waals surface area contributed by atoms with E-state index < -0.39 is 5.91 Å². The zero-order chi connectivity index (χ0) is 28.2. The van der Waals surface area contributed by atoms with Gasteiger partial charge in [0.2, 0.25) is 11.8 Å². The number of anilines is 2. The van der Waals surface area contributed by atoms with Crippen molar-refractivity contribution in [3.8, 4) is 11.3 Å². The Kier molecular flexibility index (Phi) is 9.00. The minimum absolute atomic E-state index is 0.178. The van der Waals surface area contributed by atoms with Crippen LogP contribution < -0.4 is 15.5 Å². The molecule has 7 nitrogen and oxygen atoms in total. The predicted molar refractivity (Wildman–Crippen MR) is 162 cm³/mol. The summed E-state index contributed by atoms with van der Waals surface area (Å²) >= 11 is 17.6. The molecule has 0 radical (unpaired) electrons. The lowest BCUT2D eigenvalue weighted by Crippen LogP contribution is -2.51. The van der Waals surface area contributed by atoms with Crippen molar-refractivity contribution in [3.05, 3.63) is 76.5 Å². The molecule has 0 saturated carbocycles. The molecule has 1 aromatic heterocycles. The molecule has 1 saturated heterocycles. The Bertz CT molecular complexity index is 1390. The van der Waals surface area contributed by atoms with E-state index in [9.17, 15) is 9.59 Å². The summed E-state index contributed by atoms with van der Waals surface area (Å²) < 4.78 is 5.77. The van der Waals surface area contributed by atoms with Crippen LogP contribution in [0.3, 0.4) is 0 Å². The second-order valence-electron chi connectivity index (χ2n) is 10.2. The van der Waals surface area contributed by atoms with Gasteiger partial charge in [-0.25, -0.2) is 0 Å². The van der Waals surface area contributed by atoms with Gasteiger partial charge in [-0.05, 0) is 66.8 Å². The van der Waals surface area contributed by atoms with E-state index >= 15 is 0 Å². The van der Waals surface area contributed by atoms with Crippen LogP contribution in [-0.2, 0) is 9.59 Å². The molecule has 10 heteroatoms. The van der Waals surface area contributed by atoms with E-state index in [0.717, 1.165) is 24.5 Å². The SMILES string of the molecule is CC(C)(C)C(=O)N1CCN(c2ccc(NC(=S)NC(=O)/C=C/c3ccc(-c4cccc(Cl)c4Cl)o3)cc2)CC1. The number of amides is 2. The molecule has 0 spiro atoms. The van der Waals surface area contributed by atoms with Gasteiger partial charge in [-0.2, -0.15) is 0 Å². The van der Waals surface area contributed by atoms with Gasteiger partial charge < -0.3 is 19.5 Å². The Morgan fingerprint density at radius 3 is 2.33 bits per heavy atom. The summed E-state index contributed by atoms with van der Waals surface area (Å²) in [6.45, 7) is 8.80. The Balaban J connectivity index is 1.26. The first-order valence-electron chi connectivity index (χ1n) is 12.5. The fourth-order valence-corrected chi connectivity index (χ4v) is 4.76.